The first kappa shape index (κ1) is 14.2. The molecular weight excluding hydrogens is 288 g/mol. The van der Waals surface area contributed by atoms with Crippen LogP contribution in [0.1, 0.15) is 18.5 Å². The fourth-order valence-electron chi connectivity index (χ4n) is 2.51. The maximum absolute atomic E-state index is 11.7. The molecule has 1 fully saturated rings. The molecule has 1 N–H and O–H groups in total. The Labute approximate surface area is 124 Å². The topological polar surface area (TPSA) is 76.9 Å². The van der Waals surface area contributed by atoms with Crippen molar-refractivity contribution in [1.82, 2.24) is 20.3 Å². The van der Waals surface area contributed by atoms with Gasteiger partial charge in [0.15, 0.2) is 9.84 Å². The molecule has 0 bridgehead atoms. The second-order valence-corrected chi connectivity index (χ2v) is 7.62. The molecule has 7 heteroatoms. The van der Waals surface area contributed by atoms with Gasteiger partial charge in [0.05, 0.1) is 28.6 Å². The Balaban J connectivity index is 1.56. The molecule has 21 heavy (non-hydrogen) atoms. The Morgan fingerprint density at radius 1 is 1.29 bits per heavy atom. The molecule has 0 saturated carbocycles. The van der Waals surface area contributed by atoms with Gasteiger partial charge < -0.3 is 5.32 Å². The minimum absolute atomic E-state index is 0.248. The summed E-state index contributed by atoms with van der Waals surface area (Å²) in [5.74, 6) is 0.323. The van der Waals surface area contributed by atoms with E-state index >= 15 is 0 Å². The van der Waals surface area contributed by atoms with Crippen LogP contribution >= 0.6 is 0 Å². The van der Waals surface area contributed by atoms with Crippen LogP contribution in [0.4, 0.5) is 0 Å². The van der Waals surface area contributed by atoms with E-state index in [9.17, 15) is 8.42 Å². The lowest BCUT2D eigenvalue weighted by molar-refractivity contribution is 0.571. The Morgan fingerprint density at radius 2 is 2.10 bits per heavy atom. The van der Waals surface area contributed by atoms with E-state index < -0.39 is 9.84 Å². The number of rotatable bonds is 5. The predicted molar refractivity (Wildman–Crippen MR) is 79.9 cm³/mol. The first-order chi connectivity index (χ1) is 10.1. The lowest BCUT2D eigenvalue weighted by Gasteiger charge is -2.09. The minimum atomic E-state index is -2.88. The van der Waals surface area contributed by atoms with Crippen molar-refractivity contribution in [3.8, 4) is 5.69 Å². The summed E-state index contributed by atoms with van der Waals surface area (Å²) in [6, 6.07) is 9.67. The highest BCUT2D eigenvalue weighted by Gasteiger charge is 2.30. The number of hydrogen-bond acceptors (Lipinski definition) is 5. The Hall–Kier alpha value is -1.73. The van der Waals surface area contributed by atoms with Gasteiger partial charge in [-0.1, -0.05) is 18.2 Å². The van der Waals surface area contributed by atoms with Crippen molar-refractivity contribution in [2.75, 3.05) is 12.3 Å². The third kappa shape index (κ3) is 3.30. The molecule has 1 aliphatic rings. The van der Waals surface area contributed by atoms with Crippen LogP contribution in [0.3, 0.4) is 0 Å². The number of aromatic nitrogens is 3. The van der Waals surface area contributed by atoms with Gasteiger partial charge in [-0.05, 0) is 25.0 Å². The zero-order chi connectivity index (χ0) is 14.7. The number of benzene rings is 1. The Bertz CT molecular complexity index is 697. The average Bonchev–Trinajstić information content (AvgIpc) is 3.07. The molecular formula is C14H18N4O2S. The maximum atomic E-state index is 11.7. The Kier molecular flexibility index (Phi) is 4.03. The number of sulfone groups is 1. The number of nitrogens with zero attached hydrogens (tertiary/aromatic N) is 3. The first-order valence-corrected chi connectivity index (χ1v) is 8.76. The molecule has 6 nitrogen and oxygen atoms in total. The highest BCUT2D eigenvalue weighted by molar-refractivity contribution is 7.92. The molecule has 1 saturated heterocycles. The monoisotopic (exact) mass is 306 g/mol. The molecule has 1 aromatic heterocycles. The summed E-state index contributed by atoms with van der Waals surface area (Å²) in [5, 5.41) is 11.5. The summed E-state index contributed by atoms with van der Waals surface area (Å²) >= 11 is 0. The quantitative estimate of drug-likeness (QED) is 0.889. The summed E-state index contributed by atoms with van der Waals surface area (Å²) in [6.45, 7) is 1.01. The second kappa shape index (κ2) is 5.95. The van der Waals surface area contributed by atoms with Crippen molar-refractivity contribution >= 4 is 9.84 Å². The van der Waals surface area contributed by atoms with Crippen molar-refractivity contribution in [2.24, 2.45) is 0 Å². The summed E-state index contributed by atoms with van der Waals surface area (Å²) in [4.78, 5) is 1.57. The van der Waals surface area contributed by atoms with Gasteiger partial charge in [0.25, 0.3) is 0 Å². The smallest absolute Gasteiger partial charge is 0.154 e. The van der Waals surface area contributed by atoms with Gasteiger partial charge in [-0.2, -0.15) is 15.0 Å². The van der Waals surface area contributed by atoms with Crippen LogP contribution in [-0.4, -0.2) is 41.0 Å². The number of para-hydroxylation sites is 1. The molecule has 2 aromatic rings. The van der Waals surface area contributed by atoms with Gasteiger partial charge in [-0.15, -0.1) is 0 Å². The largest absolute Gasteiger partial charge is 0.310 e. The van der Waals surface area contributed by atoms with Gasteiger partial charge in [0.2, 0.25) is 0 Å². The standard InChI is InChI=1S/C14H18N4O2S/c19-21(20)8-4-7-14(21)11-15-9-12-10-16-18(17-12)13-5-2-1-3-6-13/h1-3,5-6,10,14-15H,4,7-9,11H2/t14-/m1/s1. The summed E-state index contributed by atoms with van der Waals surface area (Å²) < 4.78 is 23.4. The van der Waals surface area contributed by atoms with Crippen LogP contribution in [0, 0.1) is 0 Å². The van der Waals surface area contributed by atoms with E-state index in [1.165, 1.54) is 0 Å². The van der Waals surface area contributed by atoms with E-state index in [0.717, 1.165) is 24.2 Å². The molecule has 1 aromatic carbocycles. The molecule has 1 aliphatic heterocycles. The summed E-state index contributed by atoms with van der Waals surface area (Å²) in [6.07, 6.45) is 3.23. The van der Waals surface area contributed by atoms with Crippen LogP contribution in [0.25, 0.3) is 5.69 Å². The van der Waals surface area contributed by atoms with Crippen LogP contribution in [-0.2, 0) is 16.4 Å². The lowest BCUT2D eigenvalue weighted by atomic mass is 10.2. The van der Waals surface area contributed by atoms with Gasteiger partial charge >= 0.3 is 0 Å². The highest BCUT2D eigenvalue weighted by atomic mass is 32.2. The second-order valence-electron chi connectivity index (χ2n) is 5.22. The third-order valence-corrected chi connectivity index (χ3v) is 5.94. The summed E-state index contributed by atoms with van der Waals surface area (Å²) in [5.41, 5.74) is 1.70. The molecule has 2 heterocycles. The van der Waals surface area contributed by atoms with Crippen molar-refractivity contribution in [3.63, 3.8) is 0 Å². The molecule has 0 spiro atoms. The molecule has 3 rings (SSSR count). The van der Waals surface area contributed by atoms with Crippen molar-refractivity contribution < 1.29 is 8.42 Å². The van der Waals surface area contributed by atoms with Crippen LogP contribution < -0.4 is 5.32 Å². The highest BCUT2D eigenvalue weighted by Crippen LogP contribution is 2.19. The molecule has 1 atom stereocenters. The lowest BCUT2D eigenvalue weighted by Crippen LogP contribution is -2.30. The fraction of sp³-hybridized carbons (Fsp3) is 0.429. The van der Waals surface area contributed by atoms with Gasteiger partial charge in [-0.3, -0.25) is 0 Å². The first-order valence-electron chi connectivity index (χ1n) is 7.04. The van der Waals surface area contributed by atoms with Crippen molar-refractivity contribution in [2.45, 2.75) is 24.6 Å². The average molecular weight is 306 g/mol. The molecule has 0 unspecified atom stereocenters. The SMILES string of the molecule is O=S1(=O)CCC[C@@H]1CNCc1cnn(-c2ccccc2)n1. The normalized spacial score (nSPS) is 20.7. The van der Waals surface area contributed by atoms with E-state index in [4.69, 9.17) is 0 Å². The number of nitrogens with one attached hydrogen (secondary N) is 1. The molecule has 0 amide bonds. The maximum Gasteiger partial charge on any atom is 0.154 e. The fourth-order valence-corrected chi connectivity index (χ4v) is 4.31. The molecule has 112 valence electrons. The van der Waals surface area contributed by atoms with Gasteiger partial charge in [-0.25, -0.2) is 8.42 Å². The van der Waals surface area contributed by atoms with Gasteiger partial charge in [0, 0.05) is 13.1 Å². The third-order valence-electron chi connectivity index (χ3n) is 3.67. The zero-order valence-electron chi connectivity index (χ0n) is 11.6. The molecule has 0 aliphatic carbocycles. The van der Waals surface area contributed by atoms with E-state index in [1.54, 1.807) is 11.0 Å². The van der Waals surface area contributed by atoms with Crippen LogP contribution in [0.2, 0.25) is 0 Å². The van der Waals surface area contributed by atoms with E-state index in [-0.39, 0.29) is 5.25 Å². The van der Waals surface area contributed by atoms with Crippen LogP contribution in [0.15, 0.2) is 36.5 Å². The van der Waals surface area contributed by atoms with Gasteiger partial charge in [0.1, 0.15) is 0 Å². The van der Waals surface area contributed by atoms with Crippen LogP contribution in [0.5, 0.6) is 0 Å². The minimum Gasteiger partial charge on any atom is -0.310 e. The van der Waals surface area contributed by atoms with Crippen molar-refractivity contribution in [3.05, 3.63) is 42.2 Å². The zero-order valence-corrected chi connectivity index (χ0v) is 12.5. The molecule has 0 radical (unpaired) electrons. The van der Waals surface area contributed by atoms with Crippen molar-refractivity contribution in [1.29, 1.82) is 0 Å². The van der Waals surface area contributed by atoms with E-state index in [1.807, 2.05) is 30.3 Å². The van der Waals surface area contributed by atoms with E-state index in [2.05, 4.69) is 15.5 Å². The predicted octanol–water partition coefficient (Wildman–Crippen LogP) is 0.934. The summed E-state index contributed by atoms with van der Waals surface area (Å²) in [7, 11) is -2.88. The Morgan fingerprint density at radius 3 is 2.81 bits per heavy atom. The van der Waals surface area contributed by atoms with E-state index in [0.29, 0.717) is 18.8 Å². The number of hydrogen-bond donors (Lipinski definition) is 1.